The molecule has 0 aromatic heterocycles. The van der Waals surface area contributed by atoms with Crippen molar-refractivity contribution in [1.29, 1.82) is 0 Å². The largest absolute Gasteiger partial charge is 0.466 e. The van der Waals surface area contributed by atoms with Gasteiger partial charge in [0.25, 0.3) is 0 Å². The predicted molar refractivity (Wildman–Crippen MR) is 92.1 cm³/mol. The van der Waals surface area contributed by atoms with Crippen LogP contribution in [0, 0.1) is 11.8 Å². The minimum absolute atomic E-state index is 0. The Kier molecular flexibility index (Phi) is 9.17. The molecule has 0 saturated heterocycles. The number of carbonyl (C=O) groups is 1. The van der Waals surface area contributed by atoms with Crippen molar-refractivity contribution in [3.05, 3.63) is 35.9 Å². The topological polar surface area (TPSA) is 38.3 Å². The molecule has 4 heteroatoms. The number of hydrogen-bond acceptors (Lipinski definition) is 3. The maximum absolute atomic E-state index is 12.2. The molecule has 0 radical (unpaired) electrons. The van der Waals surface area contributed by atoms with E-state index in [1.807, 2.05) is 25.1 Å². The lowest BCUT2D eigenvalue weighted by atomic mass is 9.80. The fourth-order valence-electron chi connectivity index (χ4n) is 3.20. The van der Waals surface area contributed by atoms with Gasteiger partial charge in [0.2, 0.25) is 0 Å². The van der Waals surface area contributed by atoms with E-state index in [4.69, 9.17) is 4.74 Å². The van der Waals surface area contributed by atoms with Crippen LogP contribution < -0.4 is 5.32 Å². The lowest BCUT2D eigenvalue weighted by molar-refractivity contribution is -0.150. The van der Waals surface area contributed by atoms with Crippen molar-refractivity contribution in [2.24, 2.45) is 11.8 Å². The number of ether oxygens (including phenoxy) is 1. The smallest absolute Gasteiger partial charge is 0.310 e. The molecule has 1 aliphatic rings. The van der Waals surface area contributed by atoms with Gasteiger partial charge >= 0.3 is 5.97 Å². The summed E-state index contributed by atoms with van der Waals surface area (Å²) in [6, 6.07) is 10.3. The number of esters is 1. The van der Waals surface area contributed by atoms with Crippen molar-refractivity contribution in [1.82, 2.24) is 5.32 Å². The van der Waals surface area contributed by atoms with Crippen LogP contribution in [-0.2, 0) is 16.1 Å². The first kappa shape index (κ1) is 19.0. The summed E-state index contributed by atoms with van der Waals surface area (Å²) in [4.78, 5) is 12.2. The predicted octanol–water partition coefficient (Wildman–Crippen LogP) is 3.96. The van der Waals surface area contributed by atoms with E-state index >= 15 is 0 Å². The minimum atomic E-state index is -0.0232. The van der Waals surface area contributed by atoms with E-state index < -0.39 is 0 Å². The number of carbonyl (C=O) groups excluding carboxylic acids is 1. The molecule has 1 aromatic carbocycles. The average molecular weight is 326 g/mol. The number of hydrogen-bond donors (Lipinski definition) is 1. The lowest BCUT2D eigenvalue weighted by Gasteiger charge is -2.29. The van der Waals surface area contributed by atoms with Crippen LogP contribution in [0.15, 0.2) is 30.3 Å². The summed E-state index contributed by atoms with van der Waals surface area (Å²) in [6.07, 6.45) is 6.13. The van der Waals surface area contributed by atoms with Crippen LogP contribution in [0.3, 0.4) is 0 Å². The fraction of sp³-hybridized carbons (Fsp3) is 0.611. The maximum atomic E-state index is 12.2. The summed E-state index contributed by atoms with van der Waals surface area (Å²) in [6.45, 7) is 3.88. The molecule has 0 heterocycles. The van der Waals surface area contributed by atoms with Crippen molar-refractivity contribution in [3.63, 3.8) is 0 Å². The van der Waals surface area contributed by atoms with Gasteiger partial charge in [-0.1, -0.05) is 49.6 Å². The Morgan fingerprint density at radius 1 is 1.23 bits per heavy atom. The highest BCUT2D eigenvalue weighted by Crippen LogP contribution is 2.30. The van der Waals surface area contributed by atoms with Crippen LogP contribution in [0.25, 0.3) is 0 Å². The van der Waals surface area contributed by atoms with E-state index in [0.717, 1.165) is 25.9 Å². The van der Waals surface area contributed by atoms with Crippen LogP contribution in [0.2, 0.25) is 0 Å². The molecule has 1 saturated carbocycles. The third-order valence-electron chi connectivity index (χ3n) is 4.34. The number of rotatable bonds is 7. The molecule has 2 rings (SSSR count). The Hall–Kier alpha value is -1.06. The normalized spacial score (nSPS) is 16.6. The quantitative estimate of drug-likeness (QED) is 0.771. The maximum Gasteiger partial charge on any atom is 0.310 e. The summed E-state index contributed by atoms with van der Waals surface area (Å²) < 4.78 is 5.28. The van der Waals surface area contributed by atoms with E-state index in [-0.39, 0.29) is 24.3 Å². The highest BCUT2D eigenvalue weighted by molar-refractivity contribution is 5.85. The van der Waals surface area contributed by atoms with Gasteiger partial charge in [-0.15, -0.1) is 12.4 Å². The van der Waals surface area contributed by atoms with Crippen molar-refractivity contribution < 1.29 is 9.53 Å². The summed E-state index contributed by atoms with van der Waals surface area (Å²) in [5.41, 5.74) is 1.25. The van der Waals surface area contributed by atoms with Gasteiger partial charge in [-0.05, 0) is 31.2 Å². The molecule has 3 nitrogen and oxygen atoms in total. The van der Waals surface area contributed by atoms with Crippen LogP contribution in [0.4, 0.5) is 0 Å². The van der Waals surface area contributed by atoms with Gasteiger partial charge in [-0.2, -0.15) is 0 Å². The van der Waals surface area contributed by atoms with Crippen LogP contribution in [0.5, 0.6) is 0 Å². The van der Waals surface area contributed by atoms with Crippen molar-refractivity contribution in [3.8, 4) is 0 Å². The van der Waals surface area contributed by atoms with Gasteiger partial charge in [-0.3, -0.25) is 4.79 Å². The zero-order valence-electron chi connectivity index (χ0n) is 13.4. The summed E-state index contributed by atoms with van der Waals surface area (Å²) >= 11 is 0. The summed E-state index contributed by atoms with van der Waals surface area (Å²) in [5.74, 6) is 0.472. The molecule has 124 valence electrons. The zero-order valence-corrected chi connectivity index (χ0v) is 14.2. The Morgan fingerprint density at radius 2 is 1.91 bits per heavy atom. The third kappa shape index (κ3) is 5.98. The van der Waals surface area contributed by atoms with E-state index in [9.17, 15) is 4.79 Å². The second-order valence-corrected chi connectivity index (χ2v) is 5.87. The van der Waals surface area contributed by atoms with Gasteiger partial charge in [0, 0.05) is 13.1 Å². The Morgan fingerprint density at radius 3 is 2.55 bits per heavy atom. The molecule has 1 atom stereocenters. The van der Waals surface area contributed by atoms with Gasteiger partial charge in [0.15, 0.2) is 0 Å². The monoisotopic (exact) mass is 325 g/mol. The van der Waals surface area contributed by atoms with Gasteiger partial charge in [0.05, 0.1) is 12.5 Å². The van der Waals surface area contributed by atoms with E-state index in [1.54, 1.807) is 0 Å². The lowest BCUT2D eigenvalue weighted by Crippen LogP contribution is -2.36. The van der Waals surface area contributed by atoms with Crippen molar-refractivity contribution >= 4 is 18.4 Å². The Balaban J connectivity index is 0.00000242. The first-order valence-electron chi connectivity index (χ1n) is 8.22. The highest BCUT2D eigenvalue weighted by Gasteiger charge is 2.30. The molecule has 0 aliphatic heterocycles. The fourth-order valence-corrected chi connectivity index (χ4v) is 3.20. The second-order valence-electron chi connectivity index (χ2n) is 5.87. The van der Waals surface area contributed by atoms with Crippen LogP contribution in [-0.4, -0.2) is 19.1 Å². The standard InChI is InChI=1S/C18H27NO2.ClH/c1-2-21-18(20)17(16-11-7-4-8-12-16)14-19-13-15-9-5-3-6-10-15;/h3,5-6,9-10,16-17,19H,2,4,7-8,11-14H2,1H3;1H. The molecule has 0 bridgehead atoms. The zero-order chi connectivity index (χ0) is 14.9. The van der Waals surface area contributed by atoms with E-state index in [0.29, 0.717) is 12.5 Å². The highest BCUT2D eigenvalue weighted by atomic mass is 35.5. The van der Waals surface area contributed by atoms with Gasteiger partial charge < -0.3 is 10.1 Å². The second kappa shape index (κ2) is 10.6. The third-order valence-corrected chi connectivity index (χ3v) is 4.34. The SMILES string of the molecule is CCOC(=O)C(CNCc1ccccc1)C1CCCCC1.Cl. The number of nitrogens with one attached hydrogen (secondary N) is 1. The molecular weight excluding hydrogens is 298 g/mol. The minimum Gasteiger partial charge on any atom is -0.466 e. The van der Waals surface area contributed by atoms with Crippen molar-refractivity contribution in [2.75, 3.05) is 13.2 Å². The summed E-state index contributed by atoms with van der Waals surface area (Å²) in [5, 5.41) is 3.44. The van der Waals surface area contributed by atoms with Crippen LogP contribution in [0.1, 0.15) is 44.6 Å². The molecule has 0 amide bonds. The Bertz CT molecular complexity index is 418. The van der Waals surface area contributed by atoms with E-state index in [1.165, 1.54) is 24.8 Å². The number of benzene rings is 1. The van der Waals surface area contributed by atoms with Gasteiger partial charge in [-0.25, -0.2) is 0 Å². The molecule has 1 aromatic rings. The number of halogens is 1. The molecule has 0 spiro atoms. The molecule has 1 N–H and O–H groups in total. The molecule has 1 aliphatic carbocycles. The summed E-state index contributed by atoms with van der Waals surface area (Å²) in [7, 11) is 0. The van der Waals surface area contributed by atoms with E-state index in [2.05, 4.69) is 17.4 Å². The molecule has 1 unspecified atom stereocenters. The molecular formula is C18H28ClNO2. The average Bonchev–Trinajstić information content (AvgIpc) is 2.53. The first-order chi connectivity index (χ1) is 10.3. The van der Waals surface area contributed by atoms with Crippen LogP contribution >= 0.6 is 12.4 Å². The Labute approximate surface area is 140 Å². The van der Waals surface area contributed by atoms with Gasteiger partial charge in [0.1, 0.15) is 0 Å². The molecule has 22 heavy (non-hydrogen) atoms. The molecule has 1 fully saturated rings. The van der Waals surface area contributed by atoms with Crippen molar-refractivity contribution in [2.45, 2.75) is 45.6 Å². The first-order valence-corrected chi connectivity index (χ1v) is 8.22.